The molecule has 0 aliphatic carbocycles. The minimum atomic E-state index is -0.340. The lowest BCUT2D eigenvalue weighted by Crippen LogP contribution is -2.33. The first-order valence-corrected chi connectivity index (χ1v) is 9.43. The lowest BCUT2D eigenvalue weighted by atomic mass is 10.1. The van der Waals surface area contributed by atoms with E-state index in [2.05, 4.69) is 20.5 Å². The quantitative estimate of drug-likeness (QED) is 0.565. The molecule has 144 valence electrons. The predicted octanol–water partition coefficient (Wildman–Crippen LogP) is 3.05. The molecular weight excluding hydrogens is 366 g/mol. The minimum absolute atomic E-state index is 0.121. The monoisotopic (exact) mass is 385 g/mol. The highest BCUT2D eigenvalue weighted by atomic mass is 16.5. The molecular formula is C22H19N5O2. The molecule has 0 bridgehead atoms. The molecule has 2 N–H and O–H groups in total. The van der Waals surface area contributed by atoms with Gasteiger partial charge in [0.05, 0.1) is 5.69 Å². The smallest absolute Gasteiger partial charge is 0.291 e. The van der Waals surface area contributed by atoms with Crippen molar-refractivity contribution in [3.8, 4) is 11.4 Å². The van der Waals surface area contributed by atoms with Crippen LogP contribution in [0.1, 0.15) is 33.7 Å². The summed E-state index contributed by atoms with van der Waals surface area (Å²) in [5.74, 6) is 1.21. The number of hydrogen-bond acceptors (Lipinski definition) is 4. The van der Waals surface area contributed by atoms with Crippen LogP contribution < -0.4 is 10.1 Å². The Morgan fingerprint density at radius 1 is 1.10 bits per heavy atom. The van der Waals surface area contributed by atoms with Gasteiger partial charge in [-0.25, -0.2) is 4.98 Å². The van der Waals surface area contributed by atoms with Gasteiger partial charge in [0.15, 0.2) is 0 Å². The van der Waals surface area contributed by atoms with Crippen LogP contribution in [-0.2, 0) is 6.42 Å². The number of benzene rings is 2. The number of aromatic amines is 1. The van der Waals surface area contributed by atoms with Gasteiger partial charge in [0.1, 0.15) is 24.2 Å². The maximum absolute atomic E-state index is 12.8. The fourth-order valence-corrected chi connectivity index (χ4v) is 3.54. The third-order valence-corrected chi connectivity index (χ3v) is 4.92. The zero-order valence-corrected chi connectivity index (χ0v) is 15.6. The summed E-state index contributed by atoms with van der Waals surface area (Å²) in [5, 5.41) is 9.94. The normalized spacial score (nSPS) is 15.0. The second-order valence-electron chi connectivity index (χ2n) is 6.88. The summed E-state index contributed by atoms with van der Waals surface area (Å²) in [6, 6.07) is 21.4. The first-order chi connectivity index (χ1) is 14.3. The van der Waals surface area contributed by atoms with Gasteiger partial charge in [-0.15, -0.1) is 5.10 Å². The number of nitrogens with zero attached hydrogens (tertiary/aromatic N) is 3. The van der Waals surface area contributed by atoms with Crippen LogP contribution in [0.15, 0.2) is 72.9 Å². The summed E-state index contributed by atoms with van der Waals surface area (Å²) < 4.78 is 7.97. The van der Waals surface area contributed by atoms with E-state index in [1.807, 2.05) is 77.5 Å². The van der Waals surface area contributed by atoms with Gasteiger partial charge in [-0.2, -0.15) is 0 Å². The molecule has 0 fully saturated rings. The molecule has 5 rings (SSSR count). The van der Waals surface area contributed by atoms with Crippen molar-refractivity contribution in [2.45, 2.75) is 12.5 Å². The van der Waals surface area contributed by atoms with E-state index in [4.69, 9.17) is 4.74 Å². The van der Waals surface area contributed by atoms with E-state index in [1.54, 1.807) is 0 Å². The van der Waals surface area contributed by atoms with Crippen LogP contribution >= 0.6 is 0 Å². The summed E-state index contributed by atoms with van der Waals surface area (Å²) in [6.07, 6.45) is 2.55. The molecule has 2 aromatic heterocycles. The summed E-state index contributed by atoms with van der Waals surface area (Å²) in [7, 11) is 0. The molecule has 2 aromatic carbocycles. The van der Waals surface area contributed by atoms with Gasteiger partial charge in [-0.1, -0.05) is 42.5 Å². The average molecular weight is 385 g/mol. The number of H-pyrrole nitrogens is 1. The van der Waals surface area contributed by atoms with Crippen molar-refractivity contribution in [3.63, 3.8) is 0 Å². The van der Waals surface area contributed by atoms with E-state index in [9.17, 15) is 4.79 Å². The van der Waals surface area contributed by atoms with E-state index in [0.29, 0.717) is 18.9 Å². The number of carbonyl (C=O) groups excluding carboxylic acids is 1. The van der Waals surface area contributed by atoms with Gasteiger partial charge in [0, 0.05) is 18.3 Å². The Balaban J connectivity index is 1.34. The van der Waals surface area contributed by atoms with Crippen molar-refractivity contribution in [2.24, 2.45) is 0 Å². The third kappa shape index (κ3) is 3.38. The molecule has 1 aliphatic heterocycles. The lowest BCUT2D eigenvalue weighted by molar-refractivity contribution is 0.0911. The van der Waals surface area contributed by atoms with Crippen molar-refractivity contribution in [2.75, 3.05) is 6.61 Å². The van der Waals surface area contributed by atoms with E-state index < -0.39 is 0 Å². The molecule has 1 aliphatic rings. The minimum Gasteiger partial charge on any atom is -0.489 e. The lowest BCUT2D eigenvalue weighted by Gasteiger charge is -2.16. The second-order valence-corrected chi connectivity index (χ2v) is 6.88. The maximum Gasteiger partial charge on any atom is 0.291 e. The van der Waals surface area contributed by atoms with Crippen LogP contribution in [0.25, 0.3) is 5.69 Å². The van der Waals surface area contributed by atoms with Gasteiger partial charge in [0.2, 0.25) is 5.82 Å². The topological polar surface area (TPSA) is 84.8 Å². The van der Waals surface area contributed by atoms with Crippen LogP contribution in [0.4, 0.5) is 0 Å². The van der Waals surface area contributed by atoms with Crippen molar-refractivity contribution < 1.29 is 9.53 Å². The Kier molecular flexibility index (Phi) is 4.32. The third-order valence-electron chi connectivity index (χ3n) is 4.92. The predicted molar refractivity (Wildman–Crippen MR) is 107 cm³/mol. The number of amides is 1. The van der Waals surface area contributed by atoms with Gasteiger partial charge in [-0.3, -0.25) is 9.89 Å². The number of para-hydroxylation sites is 2. The zero-order valence-electron chi connectivity index (χ0n) is 15.6. The molecule has 0 radical (unpaired) electrons. The van der Waals surface area contributed by atoms with Crippen LogP contribution in [0, 0.1) is 0 Å². The Bertz CT molecular complexity index is 1150. The van der Waals surface area contributed by atoms with Crippen molar-refractivity contribution >= 4 is 5.91 Å². The van der Waals surface area contributed by atoms with Crippen LogP contribution in [0.5, 0.6) is 5.75 Å². The molecule has 0 spiro atoms. The largest absolute Gasteiger partial charge is 0.489 e. The Morgan fingerprint density at radius 3 is 2.83 bits per heavy atom. The van der Waals surface area contributed by atoms with Crippen molar-refractivity contribution in [1.82, 2.24) is 25.1 Å². The molecule has 1 amide bonds. The number of nitrogens with one attached hydrogen (secondary N) is 2. The highest BCUT2D eigenvalue weighted by Gasteiger charge is 2.26. The summed E-state index contributed by atoms with van der Waals surface area (Å²) in [5.41, 5.74) is 3.00. The number of hydrogen-bond donors (Lipinski definition) is 2. The van der Waals surface area contributed by atoms with Crippen molar-refractivity contribution in [3.05, 3.63) is 95.8 Å². The van der Waals surface area contributed by atoms with Gasteiger partial charge < -0.3 is 14.6 Å². The zero-order chi connectivity index (χ0) is 19.6. The fraction of sp³-hybridized carbons (Fsp3) is 0.136. The number of fused-ring (bicyclic) bond motifs is 3. The molecule has 0 saturated carbocycles. The average Bonchev–Trinajstić information content (AvgIpc) is 3.39. The molecule has 3 heterocycles. The van der Waals surface area contributed by atoms with Gasteiger partial charge in [-0.05, 0) is 29.8 Å². The van der Waals surface area contributed by atoms with Crippen LogP contribution in [0.3, 0.4) is 0 Å². The summed E-state index contributed by atoms with van der Waals surface area (Å²) in [6.45, 7) is 0.327. The highest BCUT2D eigenvalue weighted by Crippen LogP contribution is 2.31. The Morgan fingerprint density at radius 2 is 1.93 bits per heavy atom. The number of carbonyl (C=O) groups is 1. The molecule has 7 nitrogen and oxygen atoms in total. The highest BCUT2D eigenvalue weighted by molar-refractivity contribution is 5.90. The van der Waals surface area contributed by atoms with E-state index >= 15 is 0 Å². The van der Waals surface area contributed by atoms with Crippen molar-refractivity contribution in [1.29, 1.82) is 0 Å². The fourth-order valence-electron chi connectivity index (χ4n) is 3.54. The van der Waals surface area contributed by atoms with E-state index in [1.165, 1.54) is 0 Å². The Hall–Kier alpha value is -3.87. The standard InChI is InChI=1S/C22H19N5O2/c28-22(21-24-20(25-26-21)13-15-7-2-1-3-8-15)23-16-14-29-19-11-5-4-9-18(19)27-12-6-10-17(16)27/h1-12,16H,13-14H2,(H,23,28)(H,24,25,26). The van der Waals surface area contributed by atoms with Gasteiger partial charge >= 0.3 is 0 Å². The number of aromatic nitrogens is 4. The molecule has 4 aromatic rings. The molecule has 29 heavy (non-hydrogen) atoms. The van der Waals surface area contributed by atoms with Crippen LogP contribution in [0.2, 0.25) is 0 Å². The number of ether oxygens (including phenoxy) is 1. The second kappa shape index (κ2) is 7.27. The van der Waals surface area contributed by atoms with Gasteiger partial charge in [0.25, 0.3) is 5.91 Å². The first kappa shape index (κ1) is 17.2. The molecule has 7 heteroatoms. The van der Waals surface area contributed by atoms with E-state index in [0.717, 1.165) is 22.7 Å². The SMILES string of the molecule is O=C(NC1COc2ccccc2-n2cccc21)c1n[nH]c(Cc2ccccc2)n1. The number of rotatable bonds is 4. The van der Waals surface area contributed by atoms with Crippen LogP contribution in [-0.4, -0.2) is 32.3 Å². The van der Waals surface area contributed by atoms with E-state index in [-0.39, 0.29) is 17.8 Å². The maximum atomic E-state index is 12.8. The Labute approximate surface area is 167 Å². The molecule has 0 saturated heterocycles. The first-order valence-electron chi connectivity index (χ1n) is 9.43. The molecule has 1 unspecified atom stereocenters. The summed E-state index contributed by atoms with van der Waals surface area (Å²) >= 11 is 0. The molecule has 1 atom stereocenters. The summed E-state index contributed by atoms with van der Waals surface area (Å²) in [4.78, 5) is 17.1.